The van der Waals surface area contributed by atoms with E-state index >= 15 is 0 Å². The molecule has 0 unspecified atom stereocenters. The van der Waals surface area contributed by atoms with Crippen LogP contribution in [0.2, 0.25) is 5.02 Å². The molecule has 0 spiro atoms. The number of carbonyl (C=O) groups excluding carboxylic acids is 1. The van der Waals surface area contributed by atoms with Crippen LogP contribution < -0.4 is 14.2 Å². The van der Waals surface area contributed by atoms with Crippen LogP contribution in [0, 0.1) is 0 Å². The van der Waals surface area contributed by atoms with Gasteiger partial charge >= 0.3 is 5.97 Å². The first kappa shape index (κ1) is 22.0. The minimum absolute atomic E-state index is 0.120. The first-order valence-electron chi connectivity index (χ1n) is 8.46. The lowest BCUT2D eigenvalue weighted by Crippen LogP contribution is -2.31. The summed E-state index contributed by atoms with van der Waals surface area (Å²) in [4.78, 5) is 11.9. The second kappa shape index (κ2) is 9.77. The van der Waals surface area contributed by atoms with Gasteiger partial charge in [-0.3, -0.25) is 4.79 Å². The molecule has 0 bridgehead atoms. The molecule has 152 valence electrons. The van der Waals surface area contributed by atoms with Gasteiger partial charge in [0.1, 0.15) is 16.4 Å². The van der Waals surface area contributed by atoms with Gasteiger partial charge < -0.3 is 14.2 Å². The van der Waals surface area contributed by atoms with Gasteiger partial charge in [0.2, 0.25) is 10.0 Å². The molecule has 1 N–H and O–H groups in total. The first-order valence-corrected chi connectivity index (χ1v) is 10.3. The molecular formula is C19H22ClNO6S. The minimum atomic E-state index is -4.05. The predicted molar refractivity (Wildman–Crippen MR) is 105 cm³/mol. The zero-order chi connectivity index (χ0) is 20.7. The van der Waals surface area contributed by atoms with E-state index in [0.29, 0.717) is 11.3 Å². The van der Waals surface area contributed by atoms with Crippen molar-refractivity contribution in [3.63, 3.8) is 0 Å². The van der Waals surface area contributed by atoms with Crippen LogP contribution in [-0.4, -0.2) is 35.2 Å². The van der Waals surface area contributed by atoms with Crippen LogP contribution >= 0.6 is 11.6 Å². The number of nitrogens with one attached hydrogen (secondary N) is 1. The van der Waals surface area contributed by atoms with Crippen LogP contribution in [0.5, 0.6) is 11.5 Å². The Morgan fingerprint density at radius 3 is 2.36 bits per heavy atom. The number of carbonyl (C=O) groups is 1. The molecule has 28 heavy (non-hydrogen) atoms. The average Bonchev–Trinajstić information content (AvgIpc) is 2.67. The van der Waals surface area contributed by atoms with Crippen LogP contribution in [0.1, 0.15) is 24.9 Å². The van der Waals surface area contributed by atoms with E-state index in [1.54, 1.807) is 31.2 Å². The highest BCUT2D eigenvalue weighted by Crippen LogP contribution is 2.29. The number of rotatable bonds is 9. The second-order valence-electron chi connectivity index (χ2n) is 5.75. The highest BCUT2D eigenvalue weighted by atomic mass is 35.5. The number of sulfonamides is 1. The summed E-state index contributed by atoms with van der Waals surface area (Å²) in [5.41, 5.74) is 0.582. The smallest absolute Gasteiger partial charge is 0.307 e. The zero-order valence-electron chi connectivity index (χ0n) is 15.8. The third-order valence-corrected chi connectivity index (χ3v) is 5.63. The number of methoxy groups -OCH3 is 2. The highest BCUT2D eigenvalue weighted by Gasteiger charge is 2.27. The number of ether oxygens (including phenoxy) is 3. The fourth-order valence-electron chi connectivity index (χ4n) is 2.56. The molecule has 2 aromatic rings. The predicted octanol–water partition coefficient (Wildman–Crippen LogP) is 3.33. The lowest BCUT2D eigenvalue weighted by molar-refractivity contribution is -0.143. The maximum absolute atomic E-state index is 13.0. The summed E-state index contributed by atoms with van der Waals surface area (Å²) in [6, 6.07) is 10.2. The third kappa shape index (κ3) is 5.60. The molecule has 1 atom stereocenters. The fraction of sp³-hybridized carbons (Fsp3) is 0.316. The van der Waals surface area contributed by atoms with Gasteiger partial charge in [0.05, 0.1) is 33.3 Å². The Balaban J connectivity index is 2.39. The van der Waals surface area contributed by atoms with E-state index in [1.807, 2.05) is 0 Å². The fourth-order valence-corrected chi connectivity index (χ4v) is 4.22. The van der Waals surface area contributed by atoms with Gasteiger partial charge in [0.25, 0.3) is 0 Å². The summed E-state index contributed by atoms with van der Waals surface area (Å²) in [5, 5.41) is 0.243. The first-order chi connectivity index (χ1) is 13.3. The Bertz CT molecular complexity index is 915. The molecular weight excluding hydrogens is 406 g/mol. The lowest BCUT2D eigenvalue weighted by atomic mass is 10.0. The Morgan fingerprint density at radius 2 is 1.79 bits per heavy atom. The second-order valence-corrected chi connectivity index (χ2v) is 7.87. The maximum atomic E-state index is 13.0. The van der Waals surface area contributed by atoms with Crippen molar-refractivity contribution in [2.24, 2.45) is 0 Å². The van der Waals surface area contributed by atoms with Gasteiger partial charge in [-0.15, -0.1) is 0 Å². The minimum Gasteiger partial charge on any atom is -0.497 e. The van der Waals surface area contributed by atoms with Crippen molar-refractivity contribution in [3.05, 3.63) is 53.1 Å². The number of hydrogen-bond donors (Lipinski definition) is 1. The van der Waals surface area contributed by atoms with Crippen LogP contribution in [0.4, 0.5) is 0 Å². The van der Waals surface area contributed by atoms with E-state index in [4.69, 9.17) is 25.8 Å². The molecule has 0 saturated heterocycles. The zero-order valence-corrected chi connectivity index (χ0v) is 17.3. The Hall–Kier alpha value is -2.29. The molecule has 0 amide bonds. The molecule has 0 heterocycles. The molecule has 9 heteroatoms. The number of benzene rings is 2. The third-order valence-electron chi connectivity index (χ3n) is 3.91. The topological polar surface area (TPSA) is 90.9 Å². The standard InChI is InChI=1S/C19H22ClNO6S/c1-4-27-19(22)12-16(13-5-8-15(25-2)9-6-13)21-28(23,24)18-11-14(20)7-10-17(18)26-3/h5-11,16,21H,4,12H2,1-3H3/t16-/m1/s1. The number of halogens is 1. The van der Waals surface area contributed by atoms with Crippen molar-refractivity contribution in [1.29, 1.82) is 0 Å². The number of esters is 1. The highest BCUT2D eigenvalue weighted by molar-refractivity contribution is 7.89. The molecule has 0 fully saturated rings. The van der Waals surface area contributed by atoms with Gasteiger partial charge in [-0.25, -0.2) is 13.1 Å². The van der Waals surface area contributed by atoms with Gasteiger partial charge in [0, 0.05) is 5.02 Å². The van der Waals surface area contributed by atoms with Crippen molar-refractivity contribution in [1.82, 2.24) is 4.72 Å². The summed E-state index contributed by atoms with van der Waals surface area (Å²) in [6.07, 6.45) is -0.178. The lowest BCUT2D eigenvalue weighted by Gasteiger charge is -2.20. The van der Waals surface area contributed by atoms with Crippen molar-refractivity contribution in [2.45, 2.75) is 24.3 Å². The van der Waals surface area contributed by atoms with Crippen molar-refractivity contribution in [2.75, 3.05) is 20.8 Å². The summed E-state index contributed by atoms with van der Waals surface area (Å²) in [6.45, 7) is 1.88. The van der Waals surface area contributed by atoms with Crippen molar-refractivity contribution >= 4 is 27.6 Å². The summed E-state index contributed by atoms with van der Waals surface area (Å²) in [5.74, 6) is 0.226. The molecule has 0 aliphatic carbocycles. The van der Waals surface area contributed by atoms with Crippen molar-refractivity contribution in [3.8, 4) is 11.5 Å². The van der Waals surface area contributed by atoms with Crippen LogP contribution in [-0.2, 0) is 19.6 Å². The summed E-state index contributed by atoms with van der Waals surface area (Å²) < 4.78 is 43.8. The van der Waals surface area contributed by atoms with Crippen LogP contribution in [0.15, 0.2) is 47.4 Å². The molecule has 0 radical (unpaired) electrons. The molecule has 0 aliphatic rings. The largest absolute Gasteiger partial charge is 0.497 e. The molecule has 2 rings (SSSR count). The normalized spacial score (nSPS) is 12.3. The van der Waals surface area contributed by atoms with E-state index in [2.05, 4.69) is 4.72 Å². The van der Waals surface area contributed by atoms with Gasteiger partial charge in [-0.1, -0.05) is 23.7 Å². The Morgan fingerprint density at radius 1 is 1.11 bits per heavy atom. The Labute approximate surface area is 169 Å². The van der Waals surface area contributed by atoms with E-state index < -0.39 is 22.0 Å². The summed E-state index contributed by atoms with van der Waals surface area (Å²) in [7, 11) is -1.16. The van der Waals surface area contributed by atoms with E-state index in [0.717, 1.165) is 0 Å². The maximum Gasteiger partial charge on any atom is 0.307 e. The van der Waals surface area contributed by atoms with E-state index in [1.165, 1.54) is 32.4 Å². The SMILES string of the molecule is CCOC(=O)C[C@@H](NS(=O)(=O)c1cc(Cl)ccc1OC)c1ccc(OC)cc1. The molecule has 0 aliphatic heterocycles. The monoisotopic (exact) mass is 427 g/mol. The Kier molecular flexibility index (Phi) is 7.68. The van der Waals surface area contributed by atoms with Gasteiger partial charge in [-0.05, 0) is 42.8 Å². The van der Waals surface area contributed by atoms with E-state index in [9.17, 15) is 13.2 Å². The molecule has 2 aromatic carbocycles. The summed E-state index contributed by atoms with van der Waals surface area (Å²) >= 11 is 5.96. The number of hydrogen-bond acceptors (Lipinski definition) is 6. The molecule has 7 nitrogen and oxygen atoms in total. The van der Waals surface area contributed by atoms with E-state index in [-0.39, 0.29) is 28.7 Å². The van der Waals surface area contributed by atoms with Crippen molar-refractivity contribution < 1.29 is 27.4 Å². The van der Waals surface area contributed by atoms with Gasteiger partial charge in [-0.2, -0.15) is 0 Å². The van der Waals surface area contributed by atoms with Gasteiger partial charge in [0.15, 0.2) is 0 Å². The van der Waals surface area contributed by atoms with Crippen LogP contribution in [0.3, 0.4) is 0 Å². The quantitative estimate of drug-likeness (QED) is 0.617. The van der Waals surface area contributed by atoms with Crippen LogP contribution in [0.25, 0.3) is 0 Å². The molecule has 0 saturated carbocycles. The molecule has 0 aromatic heterocycles. The average molecular weight is 428 g/mol.